The number of aromatic nitrogens is 1. The van der Waals surface area contributed by atoms with E-state index in [1.807, 2.05) is 12.4 Å². The van der Waals surface area contributed by atoms with Crippen molar-refractivity contribution in [1.82, 2.24) is 14.8 Å². The minimum atomic E-state index is -0.718. The molecule has 2 aliphatic rings. The van der Waals surface area contributed by atoms with Crippen molar-refractivity contribution >= 4 is 17.0 Å². The predicted octanol–water partition coefficient (Wildman–Crippen LogP) is 3.46. The highest BCUT2D eigenvalue weighted by Gasteiger charge is 2.33. The number of thiazole rings is 1. The number of hydrogen-bond donors (Lipinski definition) is 1. The van der Waals surface area contributed by atoms with Gasteiger partial charge in [-0.3, -0.25) is 4.90 Å². The summed E-state index contributed by atoms with van der Waals surface area (Å²) in [5.41, 5.74) is 7.05. The number of halogens is 1. The number of nitrogens with zero attached hydrogens (tertiary/aromatic N) is 3. The molecule has 1 fully saturated rings. The van der Waals surface area contributed by atoms with Crippen molar-refractivity contribution < 1.29 is 4.39 Å². The van der Waals surface area contributed by atoms with Crippen molar-refractivity contribution in [3.8, 4) is 0 Å². The van der Waals surface area contributed by atoms with Crippen LogP contribution in [0.4, 0.5) is 10.1 Å². The van der Waals surface area contributed by atoms with Crippen LogP contribution in [0.15, 0.2) is 23.7 Å². The first-order valence-corrected chi connectivity index (χ1v) is 10.3. The van der Waals surface area contributed by atoms with Gasteiger partial charge in [0.2, 0.25) is 0 Å². The maximum Gasteiger partial charge on any atom is 0.114 e. The third-order valence-electron chi connectivity index (χ3n) is 5.56. The second-order valence-corrected chi connectivity index (χ2v) is 8.54. The maximum absolute atomic E-state index is 14.1. The van der Waals surface area contributed by atoms with Gasteiger partial charge in [0.1, 0.15) is 6.17 Å². The number of likely N-dealkylation sites (tertiary alicyclic amines) is 1. The fourth-order valence-corrected chi connectivity index (χ4v) is 5.03. The number of benzene rings is 1. The van der Waals surface area contributed by atoms with Crippen LogP contribution in [-0.4, -0.2) is 53.7 Å². The average molecular weight is 375 g/mol. The lowest BCUT2D eigenvalue weighted by Gasteiger charge is -2.28. The molecule has 140 valence electrons. The van der Waals surface area contributed by atoms with Crippen molar-refractivity contribution in [1.29, 1.82) is 0 Å². The summed E-state index contributed by atoms with van der Waals surface area (Å²) >= 11 is 1.68. The van der Waals surface area contributed by atoms with Gasteiger partial charge >= 0.3 is 0 Å². The van der Waals surface area contributed by atoms with Crippen LogP contribution in [0.3, 0.4) is 0 Å². The number of alkyl halides is 1. The molecule has 0 saturated carbocycles. The van der Waals surface area contributed by atoms with Gasteiger partial charge in [-0.25, -0.2) is 9.37 Å². The zero-order chi connectivity index (χ0) is 18.1. The van der Waals surface area contributed by atoms with Gasteiger partial charge in [-0.2, -0.15) is 0 Å². The van der Waals surface area contributed by atoms with Gasteiger partial charge in [-0.1, -0.05) is 18.2 Å². The van der Waals surface area contributed by atoms with E-state index < -0.39 is 6.17 Å². The molecule has 4 rings (SSSR count). The van der Waals surface area contributed by atoms with Crippen LogP contribution in [0.1, 0.15) is 28.1 Å². The molecule has 0 bridgehead atoms. The Labute approximate surface area is 159 Å². The number of para-hydroxylation sites is 1. The monoisotopic (exact) mass is 374 g/mol. The number of rotatable bonds is 6. The van der Waals surface area contributed by atoms with Gasteiger partial charge in [-0.15, -0.1) is 11.3 Å². The summed E-state index contributed by atoms with van der Waals surface area (Å²) in [5.74, 6) is 0. The smallest absolute Gasteiger partial charge is 0.114 e. The van der Waals surface area contributed by atoms with E-state index in [1.54, 1.807) is 11.3 Å². The van der Waals surface area contributed by atoms with Crippen LogP contribution in [0.25, 0.3) is 0 Å². The summed E-state index contributed by atoms with van der Waals surface area (Å²) in [6.07, 6.45) is 1.03. The first kappa shape index (κ1) is 17.9. The molecule has 1 N–H and O–H groups in total. The molecule has 2 atom stereocenters. The topological polar surface area (TPSA) is 31.4 Å². The van der Waals surface area contributed by atoms with Gasteiger partial charge in [-0.05, 0) is 37.9 Å². The third-order valence-corrected chi connectivity index (χ3v) is 6.48. The lowest BCUT2D eigenvalue weighted by molar-refractivity contribution is 0.181. The average Bonchev–Trinajstić information content (AvgIpc) is 3.30. The highest BCUT2D eigenvalue weighted by atomic mass is 32.1. The molecule has 0 spiro atoms. The van der Waals surface area contributed by atoms with Crippen LogP contribution in [0.2, 0.25) is 0 Å². The summed E-state index contributed by atoms with van der Waals surface area (Å²) in [7, 11) is 2.15. The van der Waals surface area contributed by atoms with Crippen LogP contribution in [-0.2, 0) is 19.5 Å². The van der Waals surface area contributed by atoms with Gasteiger partial charge in [0.05, 0.1) is 11.2 Å². The third kappa shape index (κ3) is 3.77. The summed E-state index contributed by atoms with van der Waals surface area (Å²) in [5, 5.41) is 3.52. The molecule has 2 aromatic rings. The van der Waals surface area contributed by atoms with Crippen LogP contribution in [0, 0.1) is 6.92 Å². The highest BCUT2D eigenvalue weighted by molar-refractivity contribution is 7.09. The number of likely N-dealkylation sites (N-methyl/N-ethyl adjacent to an activating group) is 1. The Morgan fingerprint density at radius 2 is 2.31 bits per heavy atom. The lowest BCUT2D eigenvalue weighted by atomic mass is 10.1. The summed E-state index contributed by atoms with van der Waals surface area (Å²) in [6.45, 7) is 6.22. The molecule has 0 aliphatic carbocycles. The van der Waals surface area contributed by atoms with E-state index in [9.17, 15) is 4.39 Å². The summed E-state index contributed by atoms with van der Waals surface area (Å²) in [6, 6.07) is 6.84. The maximum atomic E-state index is 14.1. The first-order chi connectivity index (χ1) is 12.6. The SMILES string of the molecule is Cc1ncsc1CN1C[C@@H](F)C[C@H]1CN(C)Cc1cccc2c1NCC2. The van der Waals surface area contributed by atoms with Crippen molar-refractivity contribution in [3.05, 3.63) is 45.4 Å². The molecule has 26 heavy (non-hydrogen) atoms. The Balaban J connectivity index is 1.40. The first-order valence-electron chi connectivity index (χ1n) is 9.40. The van der Waals surface area contributed by atoms with Crippen LogP contribution < -0.4 is 5.32 Å². The molecule has 0 radical (unpaired) electrons. The van der Waals surface area contributed by atoms with Crippen molar-refractivity contribution in [2.45, 2.75) is 45.1 Å². The number of fused-ring (bicyclic) bond motifs is 1. The molecule has 4 nitrogen and oxygen atoms in total. The van der Waals surface area contributed by atoms with E-state index in [0.29, 0.717) is 13.0 Å². The lowest BCUT2D eigenvalue weighted by Crippen LogP contribution is -2.38. The van der Waals surface area contributed by atoms with Crippen LogP contribution in [0.5, 0.6) is 0 Å². The number of aryl methyl sites for hydroxylation is 1. The van der Waals surface area contributed by atoms with Gasteiger partial charge in [0, 0.05) is 49.3 Å². The largest absolute Gasteiger partial charge is 0.384 e. The predicted molar refractivity (Wildman–Crippen MR) is 106 cm³/mol. The Kier molecular flexibility index (Phi) is 5.25. The van der Waals surface area contributed by atoms with Crippen molar-refractivity contribution in [2.24, 2.45) is 0 Å². The molecular weight excluding hydrogens is 347 g/mol. The minimum absolute atomic E-state index is 0.265. The molecule has 0 unspecified atom stereocenters. The summed E-state index contributed by atoms with van der Waals surface area (Å²) in [4.78, 5) is 10.2. The fraction of sp³-hybridized carbons (Fsp3) is 0.550. The van der Waals surface area contributed by atoms with Gasteiger partial charge in [0.15, 0.2) is 0 Å². The van der Waals surface area contributed by atoms with E-state index in [4.69, 9.17) is 0 Å². The fourth-order valence-electron chi connectivity index (χ4n) is 4.23. The molecule has 1 aromatic heterocycles. The van der Waals surface area contributed by atoms with Crippen molar-refractivity contribution in [2.75, 3.05) is 32.0 Å². The van der Waals surface area contributed by atoms with Gasteiger partial charge in [0.25, 0.3) is 0 Å². The normalized spacial score (nSPS) is 22.8. The Morgan fingerprint density at radius 3 is 3.12 bits per heavy atom. The Bertz CT molecular complexity index is 762. The Hall–Kier alpha value is -1.50. The molecule has 1 saturated heterocycles. The zero-order valence-corrected chi connectivity index (χ0v) is 16.4. The number of nitrogens with one attached hydrogen (secondary N) is 1. The van der Waals surface area contributed by atoms with Gasteiger partial charge < -0.3 is 10.2 Å². The highest BCUT2D eigenvalue weighted by Crippen LogP contribution is 2.29. The minimum Gasteiger partial charge on any atom is -0.384 e. The van der Waals surface area contributed by atoms with E-state index in [2.05, 4.69) is 45.3 Å². The summed E-state index contributed by atoms with van der Waals surface area (Å²) < 4.78 is 14.1. The second kappa shape index (κ2) is 7.62. The van der Waals surface area contributed by atoms with E-state index in [1.165, 1.54) is 21.7 Å². The molecule has 1 aromatic carbocycles. The number of hydrogen-bond acceptors (Lipinski definition) is 5. The molecule has 6 heteroatoms. The quantitative estimate of drug-likeness (QED) is 0.839. The van der Waals surface area contributed by atoms with Crippen LogP contribution >= 0.6 is 11.3 Å². The van der Waals surface area contributed by atoms with Crippen molar-refractivity contribution in [3.63, 3.8) is 0 Å². The standard InChI is InChI=1S/C20H27FN4S/c1-14-19(26-13-23-14)12-25-10-17(21)8-18(25)11-24(2)9-16-5-3-4-15-6-7-22-20(15)16/h3-5,13,17-18,22H,6-12H2,1-2H3/t17-,18-/m0/s1. The second-order valence-electron chi connectivity index (χ2n) is 7.60. The molecule has 3 heterocycles. The number of anilines is 1. The molecule has 0 amide bonds. The molecule has 2 aliphatic heterocycles. The molecular formula is C20H27FN4S. The van der Waals surface area contributed by atoms with E-state index in [0.717, 1.165) is 38.3 Å². The zero-order valence-electron chi connectivity index (χ0n) is 15.5. The van der Waals surface area contributed by atoms with E-state index in [-0.39, 0.29) is 6.04 Å². The Morgan fingerprint density at radius 1 is 1.42 bits per heavy atom. The van der Waals surface area contributed by atoms with E-state index >= 15 is 0 Å².